The first kappa shape index (κ1) is 18.9. The summed E-state index contributed by atoms with van der Waals surface area (Å²) in [5.41, 5.74) is 1.43. The molecule has 1 amide bonds. The number of hydrogen-bond donors (Lipinski definition) is 1. The van der Waals surface area contributed by atoms with E-state index in [0.29, 0.717) is 12.1 Å². The fourth-order valence-corrected chi connectivity index (χ4v) is 2.87. The van der Waals surface area contributed by atoms with E-state index in [1.165, 1.54) is 18.2 Å². The SMILES string of the molecule is CCN(CC)C(CNC(=O)c1cccc(F)c1)c1ccc(OC)cc1. The summed E-state index contributed by atoms with van der Waals surface area (Å²) >= 11 is 0. The number of nitrogens with one attached hydrogen (secondary N) is 1. The van der Waals surface area contributed by atoms with E-state index in [2.05, 4.69) is 24.1 Å². The molecule has 0 bridgehead atoms. The van der Waals surface area contributed by atoms with Crippen LogP contribution in [0.4, 0.5) is 4.39 Å². The van der Waals surface area contributed by atoms with Crippen LogP contribution >= 0.6 is 0 Å². The Morgan fingerprint density at radius 1 is 1.16 bits per heavy atom. The Morgan fingerprint density at radius 3 is 2.40 bits per heavy atom. The number of methoxy groups -OCH3 is 1. The maximum atomic E-state index is 13.3. The average Bonchev–Trinajstić information content (AvgIpc) is 2.65. The number of nitrogens with zero attached hydrogens (tertiary/aromatic N) is 1. The fourth-order valence-electron chi connectivity index (χ4n) is 2.87. The van der Waals surface area contributed by atoms with Gasteiger partial charge in [0.1, 0.15) is 11.6 Å². The summed E-state index contributed by atoms with van der Waals surface area (Å²) in [6, 6.07) is 13.6. The topological polar surface area (TPSA) is 41.6 Å². The number of carbonyl (C=O) groups excluding carboxylic acids is 1. The fraction of sp³-hybridized carbons (Fsp3) is 0.350. The Bertz CT molecular complexity index is 684. The van der Waals surface area contributed by atoms with E-state index < -0.39 is 5.82 Å². The van der Waals surface area contributed by atoms with Crippen molar-refractivity contribution in [2.75, 3.05) is 26.7 Å². The highest BCUT2D eigenvalue weighted by atomic mass is 19.1. The molecule has 2 rings (SSSR count). The van der Waals surface area contributed by atoms with Crippen molar-refractivity contribution in [2.45, 2.75) is 19.9 Å². The molecule has 0 fully saturated rings. The maximum absolute atomic E-state index is 13.3. The van der Waals surface area contributed by atoms with Gasteiger partial charge in [-0.15, -0.1) is 0 Å². The zero-order valence-electron chi connectivity index (χ0n) is 15.0. The van der Waals surface area contributed by atoms with Gasteiger partial charge in [-0.05, 0) is 49.0 Å². The van der Waals surface area contributed by atoms with Gasteiger partial charge in [0.15, 0.2) is 0 Å². The number of hydrogen-bond acceptors (Lipinski definition) is 3. The number of carbonyl (C=O) groups is 1. The van der Waals surface area contributed by atoms with Crippen LogP contribution in [0.1, 0.15) is 35.8 Å². The lowest BCUT2D eigenvalue weighted by Crippen LogP contribution is -2.38. The third-order valence-corrected chi connectivity index (χ3v) is 4.30. The second-order valence-corrected chi connectivity index (χ2v) is 5.73. The third kappa shape index (κ3) is 5.03. The zero-order valence-corrected chi connectivity index (χ0v) is 15.0. The standard InChI is InChI=1S/C20H25FN2O2/c1-4-23(5-2)19(15-9-11-18(25-3)12-10-15)14-22-20(24)16-7-6-8-17(21)13-16/h6-13,19H,4-5,14H2,1-3H3,(H,22,24). The number of rotatable bonds is 8. The minimum atomic E-state index is -0.414. The molecule has 5 heteroatoms. The van der Waals surface area contributed by atoms with Gasteiger partial charge in [0.2, 0.25) is 0 Å². The molecule has 2 aromatic rings. The maximum Gasteiger partial charge on any atom is 0.251 e. The van der Waals surface area contributed by atoms with Crippen molar-refractivity contribution >= 4 is 5.91 Å². The van der Waals surface area contributed by atoms with Crippen molar-refractivity contribution in [3.63, 3.8) is 0 Å². The van der Waals surface area contributed by atoms with Gasteiger partial charge in [0, 0.05) is 12.1 Å². The Hall–Kier alpha value is -2.40. The molecular weight excluding hydrogens is 319 g/mol. The summed E-state index contributed by atoms with van der Waals surface area (Å²) < 4.78 is 18.5. The van der Waals surface area contributed by atoms with E-state index in [0.717, 1.165) is 24.4 Å². The zero-order chi connectivity index (χ0) is 18.2. The van der Waals surface area contributed by atoms with Crippen molar-refractivity contribution < 1.29 is 13.9 Å². The van der Waals surface area contributed by atoms with Crippen LogP contribution in [0.2, 0.25) is 0 Å². The predicted octanol–water partition coefficient (Wildman–Crippen LogP) is 3.65. The molecule has 1 unspecified atom stereocenters. The molecule has 0 radical (unpaired) electrons. The molecule has 0 saturated heterocycles. The molecule has 0 spiro atoms. The van der Waals surface area contributed by atoms with Crippen LogP contribution in [0.25, 0.3) is 0 Å². The quantitative estimate of drug-likeness (QED) is 0.795. The minimum absolute atomic E-state index is 0.0402. The van der Waals surface area contributed by atoms with Gasteiger partial charge in [-0.3, -0.25) is 9.69 Å². The van der Waals surface area contributed by atoms with Crippen LogP contribution in [0, 0.1) is 5.82 Å². The van der Waals surface area contributed by atoms with E-state index >= 15 is 0 Å². The van der Waals surface area contributed by atoms with Gasteiger partial charge in [-0.2, -0.15) is 0 Å². The largest absolute Gasteiger partial charge is 0.497 e. The first-order valence-electron chi connectivity index (χ1n) is 8.50. The van der Waals surface area contributed by atoms with Crippen LogP contribution in [0.15, 0.2) is 48.5 Å². The summed E-state index contributed by atoms with van der Waals surface area (Å²) in [4.78, 5) is 14.6. The average molecular weight is 344 g/mol. The van der Waals surface area contributed by atoms with Crippen LogP contribution in [0.3, 0.4) is 0 Å². The van der Waals surface area contributed by atoms with Gasteiger partial charge in [0.05, 0.1) is 13.2 Å². The highest BCUT2D eigenvalue weighted by molar-refractivity contribution is 5.94. The van der Waals surface area contributed by atoms with E-state index in [-0.39, 0.29) is 11.9 Å². The van der Waals surface area contributed by atoms with Gasteiger partial charge in [-0.1, -0.05) is 32.0 Å². The van der Waals surface area contributed by atoms with E-state index in [1.54, 1.807) is 13.2 Å². The smallest absolute Gasteiger partial charge is 0.251 e. The molecule has 134 valence electrons. The molecule has 0 saturated carbocycles. The molecule has 0 heterocycles. The van der Waals surface area contributed by atoms with Crippen LogP contribution in [0.5, 0.6) is 5.75 Å². The monoisotopic (exact) mass is 344 g/mol. The third-order valence-electron chi connectivity index (χ3n) is 4.30. The molecule has 4 nitrogen and oxygen atoms in total. The number of halogens is 1. The van der Waals surface area contributed by atoms with Gasteiger partial charge in [0.25, 0.3) is 5.91 Å². The number of ether oxygens (including phenoxy) is 1. The number of benzene rings is 2. The van der Waals surface area contributed by atoms with Crippen molar-refractivity contribution in [1.82, 2.24) is 10.2 Å². The summed E-state index contributed by atoms with van der Waals surface area (Å²) in [5, 5.41) is 2.92. The summed E-state index contributed by atoms with van der Waals surface area (Å²) in [7, 11) is 1.64. The summed E-state index contributed by atoms with van der Waals surface area (Å²) in [6.45, 7) is 6.36. The van der Waals surface area contributed by atoms with E-state index in [4.69, 9.17) is 4.74 Å². The van der Waals surface area contributed by atoms with E-state index in [9.17, 15) is 9.18 Å². The van der Waals surface area contributed by atoms with Gasteiger partial charge < -0.3 is 10.1 Å². The van der Waals surface area contributed by atoms with E-state index in [1.807, 2.05) is 24.3 Å². The number of likely N-dealkylation sites (N-methyl/N-ethyl adjacent to an activating group) is 1. The normalized spacial score (nSPS) is 12.0. The number of amides is 1. The molecule has 0 aliphatic rings. The Labute approximate surface area is 148 Å². The lowest BCUT2D eigenvalue weighted by Gasteiger charge is -2.30. The van der Waals surface area contributed by atoms with Gasteiger partial charge >= 0.3 is 0 Å². The second-order valence-electron chi connectivity index (χ2n) is 5.73. The lowest BCUT2D eigenvalue weighted by molar-refractivity contribution is 0.0934. The second kappa shape index (κ2) is 9.18. The van der Waals surface area contributed by atoms with Crippen molar-refractivity contribution in [3.05, 3.63) is 65.5 Å². The summed E-state index contributed by atoms with van der Waals surface area (Å²) in [5.74, 6) is 0.110. The minimum Gasteiger partial charge on any atom is -0.497 e. The highest BCUT2D eigenvalue weighted by Crippen LogP contribution is 2.22. The van der Waals surface area contributed by atoms with Crippen LogP contribution in [-0.4, -0.2) is 37.6 Å². The molecule has 0 aliphatic heterocycles. The Morgan fingerprint density at radius 2 is 1.84 bits per heavy atom. The molecule has 1 atom stereocenters. The Balaban J connectivity index is 2.14. The van der Waals surface area contributed by atoms with Gasteiger partial charge in [-0.25, -0.2) is 4.39 Å². The Kier molecular flexibility index (Phi) is 6.95. The first-order chi connectivity index (χ1) is 12.1. The van der Waals surface area contributed by atoms with Crippen molar-refractivity contribution in [1.29, 1.82) is 0 Å². The first-order valence-corrected chi connectivity index (χ1v) is 8.50. The van der Waals surface area contributed by atoms with Crippen LogP contribution in [-0.2, 0) is 0 Å². The van der Waals surface area contributed by atoms with Crippen molar-refractivity contribution in [3.8, 4) is 5.75 Å². The lowest BCUT2D eigenvalue weighted by atomic mass is 10.0. The molecular formula is C20H25FN2O2. The van der Waals surface area contributed by atoms with Crippen molar-refractivity contribution in [2.24, 2.45) is 0 Å². The highest BCUT2D eigenvalue weighted by Gasteiger charge is 2.19. The molecule has 1 N–H and O–H groups in total. The van der Waals surface area contributed by atoms with Crippen LogP contribution < -0.4 is 10.1 Å². The molecule has 25 heavy (non-hydrogen) atoms. The predicted molar refractivity (Wildman–Crippen MR) is 97.4 cm³/mol. The summed E-state index contributed by atoms with van der Waals surface area (Å²) in [6.07, 6.45) is 0. The molecule has 0 aliphatic carbocycles. The molecule has 0 aromatic heterocycles. The molecule has 2 aromatic carbocycles.